The summed E-state index contributed by atoms with van der Waals surface area (Å²) in [6, 6.07) is 12.7. The second kappa shape index (κ2) is 3.36. The first-order valence-corrected chi connectivity index (χ1v) is 6.92. The molecule has 0 atom stereocenters. The van der Waals surface area contributed by atoms with Gasteiger partial charge in [0.05, 0.1) is 11.0 Å². The van der Waals surface area contributed by atoms with Crippen molar-refractivity contribution >= 4 is 32.2 Å². The van der Waals surface area contributed by atoms with Crippen LogP contribution in [0.1, 0.15) is 0 Å². The number of aromatic nitrogens is 1. The van der Waals surface area contributed by atoms with Crippen molar-refractivity contribution in [3.05, 3.63) is 42.5 Å². The first-order chi connectivity index (χ1) is 9.12. The van der Waals surface area contributed by atoms with Crippen molar-refractivity contribution in [3.63, 3.8) is 0 Å². The second-order valence-electron chi connectivity index (χ2n) is 4.22. The van der Waals surface area contributed by atoms with E-state index < -0.39 is 10.4 Å². The Labute approximate surface area is 108 Å². The average Bonchev–Trinajstić information content (AvgIpc) is 2.71. The highest BCUT2D eigenvalue weighted by Gasteiger charge is 2.30. The Bertz CT molecular complexity index is 934. The van der Waals surface area contributed by atoms with Gasteiger partial charge in [-0.15, -0.1) is 8.42 Å². The molecule has 19 heavy (non-hydrogen) atoms. The van der Waals surface area contributed by atoms with Crippen LogP contribution in [0.5, 0.6) is 11.5 Å². The first-order valence-electron chi connectivity index (χ1n) is 5.59. The van der Waals surface area contributed by atoms with E-state index in [-0.39, 0.29) is 11.5 Å². The monoisotopic (exact) mass is 273 g/mol. The number of rotatable bonds is 0. The highest BCUT2D eigenvalue weighted by Crippen LogP contribution is 2.41. The molecular weight excluding hydrogens is 266 g/mol. The molecule has 1 aromatic heterocycles. The van der Waals surface area contributed by atoms with Crippen molar-refractivity contribution in [2.75, 3.05) is 0 Å². The fourth-order valence-electron chi connectivity index (χ4n) is 2.18. The molecule has 1 aliphatic rings. The molecule has 0 bridgehead atoms. The van der Waals surface area contributed by atoms with E-state index in [2.05, 4.69) is 4.98 Å². The normalized spacial score (nSPS) is 16.0. The molecule has 0 fully saturated rings. The number of para-hydroxylation sites is 1. The van der Waals surface area contributed by atoms with E-state index in [1.807, 2.05) is 30.3 Å². The zero-order chi connectivity index (χ0) is 13.0. The molecule has 5 nitrogen and oxygen atoms in total. The predicted molar refractivity (Wildman–Crippen MR) is 69.4 cm³/mol. The summed E-state index contributed by atoms with van der Waals surface area (Å²) in [6.07, 6.45) is 0. The third kappa shape index (κ3) is 1.53. The maximum absolute atomic E-state index is 11.3. The molecule has 0 amide bonds. The lowest BCUT2D eigenvalue weighted by atomic mass is 10.1. The Kier molecular flexibility index (Phi) is 1.87. The fourth-order valence-corrected chi connectivity index (χ4v) is 2.94. The molecule has 0 aliphatic carbocycles. The van der Waals surface area contributed by atoms with Crippen LogP contribution in [0.4, 0.5) is 0 Å². The highest BCUT2D eigenvalue weighted by atomic mass is 32.3. The van der Waals surface area contributed by atoms with Gasteiger partial charge in [-0.3, -0.25) is 0 Å². The summed E-state index contributed by atoms with van der Waals surface area (Å²) >= 11 is 0. The minimum absolute atomic E-state index is 0.199. The van der Waals surface area contributed by atoms with Crippen LogP contribution in [0.15, 0.2) is 42.5 Å². The van der Waals surface area contributed by atoms with Crippen molar-refractivity contribution in [1.82, 2.24) is 4.98 Å². The smallest absolute Gasteiger partial charge is 0.349 e. The summed E-state index contributed by atoms with van der Waals surface area (Å²) in [4.78, 5) is 4.47. The second-order valence-corrected chi connectivity index (χ2v) is 5.37. The number of fused-ring (bicyclic) bond motifs is 4. The Balaban J connectivity index is 2.13. The molecule has 0 N–H and O–H groups in total. The first kappa shape index (κ1) is 10.6. The Morgan fingerprint density at radius 3 is 2.68 bits per heavy atom. The van der Waals surface area contributed by atoms with Crippen LogP contribution < -0.4 is 8.37 Å². The van der Waals surface area contributed by atoms with Crippen molar-refractivity contribution < 1.29 is 16.8 Å². The number of hydrogen-bond acceptors (Lipinski definition) is 5. The van der Waals surface area contributed by atoms with Crippen LogP contribution in [0.25, 0.3) is 21.8 Å². The van der Waals surface area contributed by atoms with E-state index >= 15 is 0 Å². The molecular formula is C13H7NO4S. The molecule has 0 spiro atoms. The zero-order valence-electron chi connectivity index (χ0n) is 9.53. The lowest BCUT2D eigenvalue weighted by molar-refractivity contribution is 0.437. The number of pyridine rings is 1. The maximum atomic E-state index is 11.3. The SMILES string of the molecule is O=S1(=O)Oc2ccc3nc4ccccc4cc3c2O1. The van der Waals surface area contributed by atoms with Crippen LogP contribution in [-0.4, -0.2) is 13.4 Å². The van der Waals surface area contributed by atoms with E-state index in [9.17, 15) is 8.42 Å². The van der Waals surface area contributed by atoms with Gasteiger partial charge in [-0.25, -0.2) is 4.98 Å². The zero-order valence-corrected chi connectivity index (χ0v) is 10.3. The van der Waals surface area contributed by atoms with Gasteiger partial charge in [0.15, 0.2) is 11.5 Å². The Morgan fingerprint density at radius 2 is 1.79 bits per heavy atom. The number of nitrogens with zero attached hydrogens (tertiary/aromatic N) is 1. The molecule has 2 aromatic carbocycles. The van der Waals surface area contributed by atoms with Gasteiger partial charge in [-0.1, -0.05) is 18.2 Å². The van der Waals surface area contributed by atoms with E-state index in [1.165, 1.54) is 0 Å². The topological polar surface area (TPSA) is 65.5 Å². The van der Waals surface area contributed by atoms with E-state index in [0.29, 0.717) is 10.9 Å². The van der Waals surface area contributed by atoms with E-state index in [1.54, 1.807) is 12.1 Å². The molecule has 0 radical (unpaired) electrons. The third-order valence-electron chi connectivity index (χ3n) is 2.99. The molecule has 0 saturated carbocycles. The quantitative estimate of drug-likeness (QED) is 0.588. The van der Waals surface area contributed by atoms with E-state index in [4.69, 9.17) is 8.37 Å². The van der Waals surface area contributed by atoms with Crippen LogP contribution in [0.3, 0.4) is 0 Å². The van der Waals surface area contributed by atoms with Gasteiger partial charge in [-0.05, 0) is 24.3 Å². The highest BCUT2D eigenvalue weighted by molar-refractivity contribution is 7.82. The Morgan fingerprint density at radius 1 is 0.947 bits per heavy atom. The summed E-state index contributed by atoms with van der Waals surface area (Å²) in [5.41, 5.74) is 1.51. The van der Waals surface area contributed by atoms with Crippen LogP contribution in [0, 0.1) is 0 Å². The maximum Gasteiger partial charge on any atom is 0.501 e. The largest absolute Gasteiger partial charge is 0.501 e. The summed E-state index contributed by atoms with van der Waals surface area (Å²) in [7, 11) is -3.98. The minimum atomic E-state index is -3.98. The third-order valence-corrected chi connectivity index (χ3v) is 3.75. The standard InChI is InChI=1S/C13H7NO4S/c15-19(16)17-12-6-5-11-9(13(12)18-19)7-8-3-1-2-4-10(8)14-11/h1-7H. The van der Waals surface area contributed by atoms with E-state index in [0.717, 1.165) is 10.9 Å². The molecule has 3 aromatic rings. The van der Waals surface area contributed by atoms with Gasteiger partial charge in [0, 0.05) is 10.8 Å². The van der Waals surface area contributed by atoms with Gasteiger partial charge < -0.3 is 8.37 Å². The molecule has 0 saturated heterocycles. The summed E-state index contributed by atoms with van der Waals surface area (Å²) in [5.74, 6) is 0.403. The van der Waals surface area contributed by atoms with Crippen molar-refractivity contribution in [2.45, 2.75) is 0 Å². The fraction of sp³-hybridized carbons (Fsp3) is 0. The van der Waals surface area contributed by atoms with Gasteiger partial charge >= 0.3 is 10.4 Å². The van der Waals surface area contributed by atoms with Gasteiger partial charge in [0.2, 0.25) is 0 Å². The van der Waals surface area contributed by atoms with Crippen molar-refractivity contribution in [2.24, 2.45) is 0 Å². The molecule has 94 valence electrons. The predicted octanol–water partition coefficient (Wildman–Crippen LogP) is 2.40. The number of benzene rings is 2. The summed E-state index contributed by atoms with van der Waals surface area (Å²) in [5, 5.41) is 1.54. The number of hydrogen-bond donors (Lipinski definition) is 0. The van der Waals surface area contributed by atoms with Crippen molar-refractivity contribution in [3.8, 4) is 11.5 Å². The van der Waals surface area contributed by atoms with Crippen LogP contribution in [-0.2, 0) is 10.4 Å². The molecule has 2 heterocycles. The molecule has 0 unspecified atom stereocenters. The van der Waals surface area contributed by atoms with Gasteiger partial charge in [-0.2, -0.15) is 0 Å². The van der Waals surface area contributed by atoms with Crippen LogP contribution >= 0.6 is 0 Å². The molecule has 4 rings (SSSR count). The minimum Gasteiger partial charge on any atom is -0.349 e. The van der Waals surface area contributed by atoms with Crippen molar-refractivity contribution in [1.29, 1.82) is 0 Å². The lowest BCUT2D eigenvalue weighted by Gasteiger charge is -2.03. The molecule has 6 heteroatoms. The molecule has 1 aliphatic heterocycles. The lowest BCUT2D eigenvalue weighted by Crippen LogP contribution is -2.08. The summed E-state index contributed by atoms with van der Waals surface area (Å²) in [6.45, 7) is 0. The van der Waals surface area contributed by atoms with Crippen LogP contribution in [0.2, 0.25) is 0 Å². The average molecular weight is 273 g/mol. The summed E-state index contributed by atoms with van der Waals surface area (Å²) < 4.78 is 32.3. The van der Waals surface area contributed by atoms with Gasteiger partial charge in [0.1, 0.15) is 0 Å². The van der Waals surface area contributed by atoms with Gasteiger partial charge in [0.25, 0.3) is 0 Å². The Hall–Kier alpha value is -2.34.